The Hall–Kier alpha value is -1.88. The second-order valence-corrected chi connectivity index (χ2v) is 8.74. The monoisotopic (exact) mass is 392 g/mol. The molecule has 146 valence electrons. The highest BCUT2D eigenvalue weighted by atomic mass is 35.5. The van der Waals surface area contributed by atoms with Gasteiger partial charge in [-0.1, -0.05) is 18.0 Å². The fourth-order valence-electron chi connectivity index (χ4n) is 3.29. The second-order valence-electron chi connectivity index (χ2n) is 8.35. The fourth-order valence-corrected chi connectivity index (χ4v) is 3.54. The number of ether oxygens (including phenoxy) is 1. The van der Waals surface area contributed by atoms with Crippen LogP contribution in [0.2, 0.25) is 5.15 Å². The first kappa shape index (κ1) is 19.9. The highest BCUT2D eigenvalue weighted by molar-refractivity contribution is 6.30. The molecule has 1 aliphatic carbocycles. The number of nitrogens with zero attached hydrogens (tertiary/aromatic N) is 2. The van der Waals surface area contributed by atoms with E-state index in [9.17, 15) is 9.18 Å². The topological polar surface area (TPSA) is 42.4 Å². The third kappa shape index (κ3) is 4.89. The number of carbonyl (C=O) groups is 1. The minimum atomic E-state index is -0.590. The van der Waals surface area contributed by atoms with Crippen molar-refractivity contribution in [2.75, 3.05) is 6.54 Å². The fraction of sp³-hybridized carbons (Fsp3) is 0.524. The Balaban J connectivity index is 1.89. The number of rotatable bonds is 4. The number of hydrogen-bond donors (Lipinski definition) is 0. The Kier molecular flexibility index (Phi) is 5.61. The molecule has 1 heterocycles. The van der Waals surface area contributed by atoms with E-state index in [2.05, 4.69) is 4.98 Å². The van der Waals surface area contributed by atoms with Crippen LogP contribution in [0.3, 0.4) is 0 Å². The van der Waals surface area contributed by atoms with Crippen molar-refractivity contribution < 1.29 is 13.9 Å². The van der Waals surface area contributed by atoms with Crippen LogP contribution in [0.1, 0.15) is 51.3 Å². The van der Waals surface area contributed by atoms with Gasteiger partial charge in [-0.25, -0.2) is 14.2 Å². The number of carbonyl (C=O) groups excluding carboxylic acids is 1. The number of benzene rings is 1. The van der Waals surface area contributed by atoms with Crippen molar-refractivity contribution in [1.29, 1.82) is 0 Å². The lowest BCUT2D eigenvalue weighted by Crippen LogP contribution is -2.40. The highest BCUT2D eigenvalue weighted by Crippen LogP contribution is 2.30. The standard InChI is InChI=1S/C21H26ClFN2O2/c1-13-17-10-18(23)16(8-15(17)9-19(22)24-13)12-25(11-14-6-5-7-14)20(26)27-21(2,3)4/h8-10,14H,5-7,11-12H2,1-4H3. The van der Waals surface area contributed by atoms with Gasteiger partial charge in [0.2, 0.25) is 0 Å². The maximum absolute atomic E-state index is 14.8. The van der Waals surface area contributed by atoms with Gasteiger partial charge in [0.25, 0.3) is 0 Å². The zero-order chi connectivity index (χ0) is 19.8. The summed E-state index contributed by atoms with van der Waals surface area (Å²) >= 11 is 6.05. The molecule has 0 spiro atoms. The lowest BCUT2D eigenvalue weighted by molar-refractivity contribution is 0.0171. The molecule has 6 heteroatoms. The molecule has 0 aliphatic heterocycles. The summed E-state index contributed by atoms with van der Waals surface area (Å²) < 4.78 is 20.3. The van der Waals surface area contributed by atoms with Crippen molar-refractivity contribution >= 4 is 28.5 Å². The van der Waals surface area contributed by atoms with Crippen LogP contribution in [-0.4, -0.2) is 28.1 Å². The van der Waals surface area contributed by atoms with Gasteiger partial charge < -0.3 is 9.64 Å². The van der Waals surface area contributed by atoms with Crippen LogP contribution < -0.4 is 0 Å². The van der Waals surface area contributed by atoms with Gasteiger partial charge in [-0.3, -0.25) is 0 Å². The molecule has 1 aromatic carbocycles. The van der Waals surface area contributed by atoms with Gasteiger partial charge in [0.15, 0.2) is 0 Å². The largest absolute Gasteiger partial charge is 0.444 e. The summed E-state index contributed by atoms with van der Waals surface area (Å²) in [6, 6.07) is 4.94. The minimum Gasteiger partial charge on any atom is -0.444 e. The van der Waals surface area contributed by atoms with Crippen LogP contribution in [0.5, 0.6) is 0 Å². The molecule has 1 aromatic heterocycles. The van der Waals surface area contributed by atoms with Crippen molar-refractivity contribution in [3.8, 4) is 0 Å². The molecular formula is C21H26ClFN2O2. The van der Waals surface area contributed by atoms with Crippen molar-refractivity contribution in [3.05, 3.63) is 40.4 Å². The maximum Gasteiger partial charge on any atom is 0.410 e. The molecule has 0 radical (unpaired) electrons. The molecule has 3 rings (SSSR count). The zero-order valence-electron chi connectivity index (χ0n) is 16.3. The Morgan fingerprint density at radius 3 is 2.63 bits per heavy atom. The van der Waals surface area contributed by atoms with Crippen LogP contribution in [-0.2, 0) is 11.3 Å². The molecule has 4 nitrogen and oxygen atoms in total. The number of pyridine rings is 1. The Labute approximate surface area is 164 Å². The third-order valence-corrected chi connectivity index (χ3v) is 5.07. The van der Waals surface area contributed by atoms with E-state index in [1.54, 1.807) is 24.0 Å². The first-order valence-electron chi connectivity index (χ1n) is 9.35. The van der Waals surface area contributed by atoms with Crippen molar-refractivity contribution in [2.24, 2.45) is 5.92 Å². The maximum atomic E-state index is 14.8. The predicted octanol–water partition coefficient (Wildman–Crippen LogP) is 5.87. The van der Waals surface area contributed by atoms with Gasteiger partial charge >= 0.3 is 6.09 Å². The molecule has 0 N–H and O–H groups in total. The van der Waals surface area contributed by atoms with E-state index in [1.165, 1.54) is 12.5 Å². The Morgan fingerprint density at radius 2 is 2.04 bits per heavy atom. The molecule has 0 saturated heterocycles. The molecule has 1 aliphatic rings. The summed E-state index contributed by atoms with van der Waals surface area (Å²) in [6.45, 7) is 8.06. The van der Waals surface area contributed by atoms with E-state index < -0.39 is 11.7 Å². The summed E-state index contributed by atoms with van der Waals surface area (Å²) in [6.07, 6.45) is 2.97. The van der Waals surface area contributed by atoms with Gasteiger partial charge in [0.05, 0.1) is 6.54 Å². The summed E-state index contributed by atoms with van der Waals surface area (Å²) in [5.74, 6) is 0.110. The Bertz CT molecular complexity index is 859. The van der Waals surface area contributed by atoms with Crippen LogP contribution in [0, 0.1) is 18.7 Å². The molecule has 1 saturated carbocycles. The van der Waals surface area contributed by atoms with Crippen molar-refractivity contribution in [3.63, 3.8) is 0 Å². The molecule has 2 aromatic rings. The smallest absolute Gasteiger partial charge is 0.410 e. The average Bonchev–Trinajstić information content (AvgIpc) is 2.49. The molecule has 27 heavy (non-hydrogen) atoms. The number of fused-ring (bicyclic) bond motifs is 1. The first-order chi connectivity index (χ1) is 12.6. The van der Waals surface area contributed by atoms with Gasteiger partial charge in [-0.2, -0.15) is 0 Å². The molecular weight excluding hydrogens is 367 g/mol. The molecule has 1 amide bonds. The van der Waals surface area contributed by atoms with Crippen molar-refractivity contribution in [2.45, 2.75) is 59.1 Å². The van der Waals surface area contributed by atoms with Gasteiger partial charge in [-0.05, 0) is 70.0 Å². The van der Waals surface area contributed by atoms with Gasteiger partial charge in [-0.15, -0.1) is 0 Å². The minimum absolute atomic E-state index is 0.173. The summed E-state index contributed by atoms with van der Waals surface area (Å²) in [5, 5.41) is 1.91. The molecule has 0 bridgehead atoms. The summed E-state index contributed by atoms with van der Waals surface area (Å²) in [4.78, 5) is 18.5. The van der Waals surface area contributed by atoms with E-state index >= 15 is 0 Å². The third-order valence-electron chi connectivity index (χ3n) is 4.87. The number of aromatic nitrogens is 1. The first-order valence-corrected chi connectivity index (χ1v) is 9.73. The Morgan fingerprint density at radius 1 is 1.33 bits per heavy atom. The normalized spacial score (nSPS) is 14.9. The van der Waals surface area contributed by atoms with E-state index in [1.807, 2.05) is 20.8 Å². The predicted molar refractivity (Wildman–Crippen MR) is 105 cm³/mol. The number of hydrogen-bond acceptors (Lipinski definition) is 3. The van der Waals surface area contributed by atoms with E-state index in [0.29, 0.717) is 28.9 Å². The van der Waals surface area contributed by atoms with E-state index in [0.717, 1.165) is 23.6 Å². The summed E-state index contributed by atoms with van der Waals surface area (Å²) in [5.41, 5.74) is 0.545. The van der Waals surface area contributed by atoms with E-state index in [-0.39, 0.29) is 12.4 Å². The van der Waals surface area contributed by atoms with Crippen molar-refractivity contribution in [1.82, 2.24) is 9.88 Å². The van der Waals surface area contributed by atoms with Crippen LogP contribution >= 0.6 is 11.6 Å². The van der Waals surface area contributed by atoms with E-state index in [4.69, 9.17) is 16.3 Å². The summed E-state index contributed by atoms with van der Waals surface area (Å²) in [7, 11) is 0. The number of amides is 1. The van der Waals surface area contributed by atoms with Crippen LogP contribution in [0.15, 0.2) is 18.2 Å². The number of halogens is 2. The van der Waals surface area contributed by atoms with Crippen LogP contribution in [0.4, 0.5) is 9.18 Å². The molecule has 1 fully saturated rings. The quantitative estimate of drug-likeness (QED) is 0.611. The van der Waals surface area contributed by atoms with Crippen LogP contribution in [0.25, 0.3) is 10.8 Å². The van der Waals surface area contributed by atoms with Gasteiger partial charge in [0.1, 0.15) is 16.6 Å². The zero-order valence-corrected chi connectivity index (χ0v) is 17.1. The SMILES string of the molecule is Cc1nc(Cl)cc2cc(CN(CC3CCC3)C(=O)OC(C)(C)C)c(F)cc12. The molecule has 0 atom stereocenters. The lowest BCUT2D eigenvalue weighted by Gasteiger charge is -2.33. The second kappa shape index (κ2) is 7.63. The average molecular weight is 393 g/mol. The highest BCUT2D eigenvalue weighted by Gasteiger charge is 2.28. The molecule has 0 unspecified atom stereocenters. The van der Waals surface area contributed by atoms with Gasteiger partial charge in [0, 0.05) is 23.2 Å². The number of aryl methyl sites for hydroxylation is 1. The lowest BCUT2D eigenvalue weighted by atomic mass is 9.85.